The summed E-state index contributed by atoms with van der Waals surface area (Å²) in [6.45, 7) is 1.18. The molecule has 0 radical (unpaired) electrons. The summed E-state index contributed by atoms with van der Waals surface area (Å²) in [5.41, 5.74) is 0. The third-order valence-corrected chi connectivity index (χ3v) is 5.92. The lowest BCUT2D eigenvalue weighted by molar-refractivity contribution is -0.136. The fourth-order valence-corrected chi connectivity index (χ4v) is 4.67. The number of aromatic nitrogens is 2. The Labute approximate surface area is 129 Å². The predicted octanol–water partition coefficient (Wildman–Crippen LogP) is 0.281. The van der Waals surface area contributed by atoms with Crippen molar-refractivity contribution in [3.8, 4) is 6.01 Å². The molecule has 2 aliphatic rings. The lowest BCUT2D eigenvalue weighted by Crippen LogP contribution is -2.44. The van der Waals surface area contributed by atoms with E-state index < -0.39 is 9.84 Å². The van der Waals surface area contributed by atoms with Gasteiger partial charge >= 0.3 is 6.01 Å². The average Bonchev–Trinajstić information content (AvgIpc) is 2.88. The minimum atomic E-state index is -3.02. The Bertz CT molecular complexity index is 627. The van der Waals surface area contributed by atoms with Crippen molar-refractivity contribution in [2.24, 2.45) is 5.92 Å². The third-order valence-electron chi connectivity index (χ3n) is 4.15. The van der Waals surface area contributed by atoms with Crippen LogP contribution in [0.5, 0.6) is 6.01 Å². The molecule has 0 saturated carbocycles. The Kier molecular flexibility index (Phi) is 4.28. The molecule has 0 aliphatic carbocycles. The van der Waals surface area contributed by atoms with Crippen molar-refractivity contribution in [2.75, 3.05) is 24.6 Å². The first-order chi connectivity index (χ1) is 10.5. The fourth-order valence-electron chi connectivity index (χ4n) is 2.94. The molecule has 0 N–H and O–H groups in total. The summed E-state index contributed by atoms with van der Waals surface area (Å²) in [6, 6.07) is 2.08. The zero-order valence-corrected chi connectivity index (χ0v) is 13.0. The molecule has 22 heavy (non-hydrogen) atoms. The van der Waals surface area contributed by atoms with Crippen molar-refractivity contribution in [1.82, 2.24) is 14.9 Å². The van der Waals surface area contributed by atoms with Gasteiger partial charge in [0.15, 0.2) is 9.84 Å². The molecule has 2 saturated heterocycles. The minimum absolute atomic E-state index is 0.000116. The van der Waals surface area contributed by atoms with E-state index in [-0.39, 0.29) is 29.4 Å². The Morgan fingerprint density at radius 1 is 1.18 bits per heavy atom. The number of rotatable bonds is 3. The van der Waals surface area contributed by atoms with E-state index in [1.165, 1.54) is 0 Å². The summed E-state index contributed by atoms with van der Waals surface area (Å²) in [4.78, 5) is 22.2. The van der Waals surface area contributed by atoms with E-state index in [2.05, 4.69) is 9.97 Å². The first-order valence-corrected chi connectivity index (χ1v) is 9.28. The van der Waals surface area contributed by atoms with Crippen molar-refractivity contribution in [3.63, 3.8) is 0 Å². The molecule has 3 heterocycles. The maximum atomic E-state index is 12.3. The normalized spacial score (nSPS) is 25.1. The number of nitrogens with zero attached hydrogens (tertiary/aromatic N) is 3. The highest BCUT2D eigenvalue weighted by Gasteiger charge is 2.36. The number of carbonyl (C=O) groups is 1. The zero-order chi connectivity index (χ0) is 15.6. The highest BCUT2D eigenvalue weighted by Crippen LogP contribution is 2.23. The van der Waals surface area contributed by atoms with Gasteiger partial charge in [-0.1, -0.05) is 0 Å². The third kappa shape index (κ3) is 3.55. The van der Waals surface area contributed by atoms with E-state index in [1.807, 2.05) is 0 Å². The second-order valence-corrected chi connectivity index (χ2v) is 8.00. The molecule has 1 atom stereocenters. The molecule has 1 amide bonds. The minimum Gasteiger partial charge on any atom is -0.460 e. The Balaban J connectivity index is 1.50. The summed E-state index contributed by atoms with van der Waals surface area (Å²) in [5.74, 6) is -0.260. The van der Waals surface area contributed by atoms with Crippen LogP contribution in [0.4, 0.5) is 0 Å². The van der Waals surface area contributed by atoms with Crippen LogP contribution in [0.3, 0.4) is 0 Å². The van der Waals surface area contributed by atoms with Crippen LogP contribution in [-0.2, 0) is 14.6 Å². The van der Waals surface area contributed by atoms with Crippen molar-refractivity contribution >= 4 is 15.7 Å². The van der Waals surface area contributed by atoms with Crippen LogP contribution in [-0.4, -0.2) is 59.9 Å². The molecule has 2 fully saturated rings. The van der Waals surface area contributed by atoms with Gasteiger partial charge in [0.05, 0.1) is 17.4 Å². The first kappa shape index (κ1) is 15.2. The van der Waals surface area contributed by atoms with Gasteiger partial charge in [-0.25, -0.2) is 18.4 Å². The van der Waals surface area contributed by atoms with Crippen LogP contribution in [0.1, 0.15) is 19.3 Å². The van der Waals surface area contributed by atoms with Gasteiger partial charge in [0, 0.05) is 38.3 Å². The number of ether oxygens (including phenoxy) is 1. The van der Waals surface area contributed by atoms with Gasteiger partial charge in [0.25, 0.3) is 0 Å². The summed E-state index contributed by atoms with van der Waals surface area (Å²) < 4.78 is 28.6. The van der Waals surface area contributed by atoms with E-state index >= 15 is 0 Å². The number of sulfone groups is 1. The molecule has 0 aromatic carbocycles. The Morgan fingerprint density at radius 2 is 1.86 bits per heavy atom. The number of carbonyl (C=O) groups excluding carboxylic acids is 1. The standard InChI is InChI=1S/C14H19N3O4S/c18-13(11-4-9-22(19,20)10-11)17-7-2-12(3-8-17)21-14-15-5-1-6-16-14/h1,5-6,11-12H,2-4,7-10H2/t11-/m0/s1. The lowest BCUT2D eigenvalue weighted by atomic mass is 10.0. The molecular weight excluding hydrogens is 306 g/mol. The SMILES string of the molecule is O=C([C@H]1CCS(=O)(=O)C1)N1CCC(Oc2ncccn2)CC1. The van der Waals surface area contributed by atoms with Gasteiger partial charge in [0.1, 0.15) is 6.10 Å². The van der Waals surface area contributed by atoms with E-state index in [4.69, 9.17) is 4.74 Å². The van der Waals surface area contributed by atoms with E-state index in [0.717, 1.165) is 0 Å². The summed E-state index contributed by atoms with van der Waals surface area (Å²) >= 11 is 0. The molecule has 120 valence electrons. The Hall–Kier alpha value is -1.70. The van der Waals surface area contributed by atoms with Gasteiger partial charge < -0.3 is 9.64 Å². The molecule has 0 spiro atoms. The highest BCUT2D eigenvalue weighted by atomic mass is 32.2. The highest BCUT2D eigenvalue weighted by molar-refractivity contribution is 7.91. The molecule has 8 heteroatoms. The van der Waals surface area contributed by atoms with Crippen molar-refractivity contribution < 1.29 is 17.9 Å². The van der Waals surface area contributed by atoms with E-state index in [9.17, 15) is 13.2 Å². The molecule has 0 bridgehead atoms. The molecule has 1 aromatic rings. The Morgan fingerprint density at radius 3 is 2.45 bits per heavy atom. The maximum Gasteiger partial charge on any atom is 0.316 e. The van der Waals surface area contributed by atoms with E-state index in [0.29, 0.717) is 38.4 Å². The number of likely N-dealkylation sites (tertiary alicyclic amines) is 1. The smallest absolute Gasteiger partial charge is 0.316 e. The summed E-state index contributed by atoms with van der Waals surface area (Å²) in [5, 5.41) is 0. The number of hydrogen-bond donors (Lipinski definition) is 0. The fraction of sp³-hybridized carbons (Fsp3) is 0.643. The van der Waals surface area contributed by atoms with Crippen molar-refractivity contribution in [2.45, 2.75) is 25.4 Å². The van der Waals surface area contributed by atoms with Crippen LogP contribution < -0.4 is 4.74 Å². The molecule has 7 nitrogen and oxygen atoms in total. The second kappa shape index (κ2) is 6.20. The van der Waals surface area contributed by atoms with Gasteiger partial charge in [-0.3, -0.25) is 4.79 Å². The summed E-state index contributed by atoms with van der Waals surface area (Å²) in [6.07, 6.45) is 5.13. The topological polar surface area (TPSA) is 89.5 Å². The number of amides is 1. The van der Waals surface area contributed by atoms with Gasteiger partial charge in [0.2, 0.25) is 5.91 Å². The molecule has 2 aliphatic heterocycles. The number of hydrogen-bond acceptors (Lipinski definition) is 6. The van der Waals surface area contributed by atoms with E-state index in [1.54, 1.807) is 23.4 Å². The monoisotopic (exact) mass is 325 g/mol. The number of piperidine rings is 1. The van der Waals surface area contributed by atoms with Crippen molar-refractivity contribution in [1.29, 1.82) is 0 Å². The largest absolute Gasteiger partial charge is 0.460 e. The van der Waals surface area contributed by atoms with Gasteiger partial charge in [-0.2, -0.15) is 0 Å². The van der Waals surface area contributed by atoms with Gasteiger partial charge in [-0.05, 0) is 12.5 Å². The maximum absolute atomic E-state index is 12.3. The second-order valence-electron chi connectivity index (χ2n) is 5.77. The van der Waals surface area contributed by atoms with Crippen LogP contribution in [0.15, 0.2) is 18.5 Å². The lowest BCUT2D eigenvalue weighted by Gasteiger charge is -2.33. The first-order valence-electron chi connectivity index (χ1n) is 7.46. The zero-order valence-electron chi connectivity index (χ0n) is 12.2. The average molecular weight is 325 g/mol. The predicted molar refractivity (Wildman–Crippen MR) is 79.0 cm³/mol. The summed E-state index contributed by atoms with van der Waals surface area (Å²) in [7, 11) is -3.02. The van der Waals surface area contributed by atoms with Crippen molar-refractivity contribution in [3.05, 3.63) is 18.5 Å². The van der Waals surface area contributed by atoms with Crippen LogP contribution >= 0.6 is 0 Å². The molecule has 0 unspecified atom stereocenters. The van der Waals surface area contributed by atoms with Crippen LogP contribution in [0, 0.1) is 5.92 Å². The molecule has 1 aromatic heterocycles. The van der Waals surface area contributed by atoms with Gasteiger partial charge in [-0.15, -0.1) is 0 Å². The molecular formula is C14H19N3O4S. The quantitative estimate of drug-likeness (QED) is 0.793. The molecule has 3 rings (SSSR count). The van der Waals surface area contributed by atoms with Crippen LogP contribution in [0.2, 0.25) is 0 Å². The van der Waals surface area contributed by atoms with Crippen LogP contribution in [0.25, 0.3) is 0 Å².